The number of amides is 1. The third-order valence-electron chi connectivity index (χ3n) is 4.73. The lowest BCUT2D eigenvalue weighted by atomic mass is 9.93. The summed E-state index contributed by atoms with van der Waals surface area (Å²) < 4.78 is 0.974. The van der Waals surface area contributed by atoms with Crippen LogP contribution in [0.15, 0.2) is 22.7 Å². The average molecular weight is 352 g/mol. The number of hydrogen-bond donors (Lipinski definition) is 2. The maximum atomic E-state index is 12.6. The fourth-order valence-electron chi connectivity index (χ4n) is 3.68. The molecule has 2 N–H and O–H groups in total. The van der Waals surface area contributed by atoms with Crippen molar-refractivity contribution >= 4 is 33.2 Å². The smallest absolute Gasteiger partial charge is 0.241 e. The summed E-state index contributed by atoms with van der Waals surface area (Å²) in [6.07, 6.45) is 3.71. The van der Waals surface area contributed by atoms with Gasteiger partial charge in [0.15, 0.2) is 0 Å². The van der Waals surface area contributed by atoms with Crippen molar-refractivity contribution in [1.29, 1.82) is 0 Å². The summed E-state index contributed by atoms with van der Waals surface area (Å²) >= 11 is 3.48. The molecule has 3 rings (SSSR count). The minimum atomic E-state index is -0.0357. The highest BCUT2D eigenvalue weighted by molar-refractivity contribution is 9.10. The third kappa shape index (κ3) is 2.94. The van der Waals surface area contributed by atoms with Gasteiger partial charge in [0.05, 0.1) is 17.4 Å². The summed E-state index contributed by atoms with van der Waals surface area (Å²) in [6.45, 7) is 0.988. The van der Waals surface area contributed by atoms with Crippen LogP contribution >= 0.6 is 15.9 Å². The summed E-state index contributed by atoms with van der Waals surface area (Å²) in [7, 11) is 3.97. The topological polar surface area (TPSA) is 44.4 Å². The van der Waals surface area contributed by atoms with E-state index in [-0.39, 0.29) is 11.9 Å². The van der Waals surface area contributed by atoms with E-state index in [1.54, 1.807) is 0 Å². The van der Waals surface area contributed by atoms with Crippen molar-refractivity contribution in [3.05, 3.63) is 22.7 Å². The van der Waals surface area contributed by atoms with Gasteiger partial charge >= 0.3 is 0 Å². The van der Waals surface area contributed by atoms with Gasteiger partial charge in [-0.15, -0.1) is 0 Å². The Morgan fingerprint density at radius 2 is 2.19 bits per heavy atom. The van der Waals surface area contributed by atoms with Crippen LogP contribution in [0.4, 0.5) is 11.4 Å². The predicted octanol–water partition coefficient (Wildman–Crippen LogP) is 2.84. The molecule has 1 aromatic carbocycles. The Hall–Kier alpha value is -1.07. The number of hydrogen-bond acceptors (Lipinski definition) is 3. The summed E-state index contributed by atoms with van der Waals surface area (Å²) in [4.78, 5) is 14.7. The Labute approximate surface area is 134 Å². The number of carbonyl (C=O) groups excluding carboxylic acids is 1. The first-order valence-electron chi connectivity index (χ1n) is 7.57. The number of benzene rings is 1. The van der Waals surface area contributed by atoms with Crippen LogP contribution in [-0.4, -0.2) is 32.6 Å². The van der Waals surface area contributed by atoms with Crippen molar-refractivity contribution in [1.82, 2.24) is 5.32 Å². The van der Waals surface area contributed by atoms with Crippen LogP contribution in [0.25, 0.3) is 0 Å². The van der Waals surface area contributed by atoms with Gasteiger partial charge in [-0.3, -0.25) is 4.79 Å². The highest BCUT2D eigenvalue weighted by atomic mass is 79.9. The van der Waals surface area contributed by atoms with Gasteiger partial charge in [-0.05, 0) is 49.4 Å². The van der Waals surface area contributed by atoms with E-state index >= 15 is 0 Å². The minimum absolute atomic E-state index is 0.0357. The Morgan fingerprint density at radius 3 is 2.95 bits per heavy atom. The molecule has 2 aliphatic rings. The van der Waals surface area contributed by atoms with E-state index in [0.717, 1.165) is 22.4 Å². The molecule has 21 heavy (non-hydrogen) atoms. The maximum absolute atomic E-state index is 12.6. The minimum Gasteiger partial charge on any atom is -0.376 e. The van der Waals surface area contributed by atoms with Crippen LogP contribution in [0.5, 0.6) is 0 Å². The average Bonchev–Trinajstić information content (AvgIpc) is 3.00. The second kappa shape index (κ2) is 5.97. The second-order valence-corrected chi connectivity index (χ2v) is 7.20. The first-order valence-corrected chi connectivity index (χ1v) is 8.36. The number of nitrogens with zero attached hydrogens (tertiary/aromatic N) is 1. The van der Waals surface area contributed by atoms with E-state index in [0.29, 0.717) is 11.8 Å². The molecule has 0 aromatic heterocycles. The second-order valence-electron chi connectivity index (χ2n) is 6.29. The summed E-state index contributed by atoms with van der Waals surface area (Å²) in [6, 6.07) is 5.94. The van der Waals surface area contributed by atoms with Crippen LogP contribution < -0.4 is 15.5 Å². The number of fused-ring (bicyclic) bond motifs is 1. The van der Waals surface area contributed by atoms with Crippen molar-refractivity contribution in [2.24, 2.45) is 11.8 Å². The molecule has 3 atom stereocenters. The van der Waals surface area contributed by atoms with E-state index in [1.807, 2.05) is 37.2 Å². The van der Waals surface area contributed by atoms with Gasteiger partial charge in [0, 0.05) is 18.6 Å². The van der Waals surface area contributed by atoms with Crippen molar-refractivity contribution in [3.63, 3.8) is 0 Å². The lowest BCUT2D eigenvalue weighted by molar-refractivity contribution is -0.118. The normalized spacial score (nSPS) is 27.5. The van der Waals surface area contributed by atoms with Gasteiger partial charge in [0.2, 0.25) is 5.91 Å². The molecule has 114 valence electrons. The first kappa shape index (κ1) is 14.9. The molecular weight excluding hydrogens is 330 g/mol. The highest BCUT2D eigenvalue weighted by Gasteiger charge is 2.42. The number of anilines is 2. The zero-order valence-electron chi connectivity index (χ0n) is 12.5. The summed E-state index contributed by atoms with van der Waals surface area (Å²) in [5, 5.41) is 6.52. The lowest BCUT2D eigenvalue weighted by Gasteiger charge is -2.22. The van der Waals surface area contributed by atoms with Crippen LogP contribution in [-0.2, 0) is 4.79 Å². The molecule has 3 unspecified atom stereocenters. The van der Waals surface area contributed by atoms with Crippen molar-refractivity contribution < 1.29 is 4.79 Å². The number of rotatable bonds is 3. The van der Waals surface area contributed by atoms with Crippen LogP contribution in [0.1, 0.15) is 19.3 Å². The zero-order chi connectivity index (χ0) is 15.0. The lowest BCUT2D eigenvalue weighted by Crippen LogP contribution is -2.40. The van der Waals surface area contributed by atoms with Crippen LogP contribution in [0.3, 0.4) is 0 Å². The Morgan fingerprint density at radius 1 is 1.38 bits per heavy atom. The third-order valence-corrected chi connectivity index (χ3v) is 5.22. The fourth-order valence-corrected chi connectivity index (χ4v) is 4.04. The molecule has 0 bridgehead atoms. The van der Waals surface area contributed by atoms with Gasteiger partial charge in [0.25, 0.3) is 0 Å². The van der Waals surface area contributed by atoms with E-state index in [9.17, 15) is 4.79 Å². The first-order chi connectivity index (χ1) is 10.1. The van der Waals surface area contributed by atoms with Crippen molar-refractivity contribution in [2.75, 3.05) is 30.9 Å². The number of carbonyl (C=O) groups is 1. The van der Waals surface area contributed by atoms with Crippen LogP contribution in [0.2, 0.25) is 0 Å². The molecule has 1 aliphatic heterocycles. The van der Waals surface area contributed by atoms with E-state index < -0.39 is 0 Å². The zero-order valence-corrected chi connectivity index (χ0v) is 14.1. The fraction of sp³-hybridized carbons (Fsp3) is 0.562. The molecule has 0 spiro atoms. The highest BCUT2D eigenvalue weighted by Crippen LogP contribution is 2.38. The van der Waals surface area contributed by atoms with Gasteiger partial charge in [-0.25, -0.2) is 0 Å². The summed E-state index contributed by atoms with van der Waals surface area (Å²) in [5.41, 5.74) is 1.88. The van der Waals surface area contributed by atoms with Gasteiger partial charge < -0.3 is 15.5 Å². The molecule has 1 aliphatic carbocycles. The van der Waals surface area contributed by atoms with Gasteiger partial charge in [-0.2, -0.15) is 0 Å². The molecular formula is C16H22BrN3O. The van der Waals surface area contributed by atoms with E-state index in [1.165, 1.54) is 19.3 Å². The molecule has 1 saturated carbocycles. The maximum Gasteiger partial charge on any atom is 0.241 e. The van der Waals surface area contributed by atoms with Crippen LogP contribution in [0, 0.1) is 11.8 Å². The molecule has 5 heteroatoms. The van der Waals surface area contributed by atoms with E-state index in [2.05, 4.69) is 26.6 Å². The molecule has 4 nitrogen and oxygen atoms in total. The number of nitrogens with one attached hydrogen (secondary N) is 2. The number of halogens is 1. The Balaban J connectivity index is 1.77. The molecule has 2 fully saturated rings. The standard InChI is InChI=1S/C16H22BrN3O/c1-20(2)14-7-6-11(17)8-13(14)19-16(21)15-12-5-3-4-10(12)9-18-15/h6-8,10,12,15,18H,3-5,9H2,1-2H3,(H,19,21). The Bertz CT molecular complexity index is 546. The molecule has 1 amide bonds. The molecule has 0 radical (unpaired) electrons. The molecule has 1 aromatic rings. The quantitative estimate of drug-likeness (QED) is 0.879. The van der Waals surface area contributed by atoms with Gasteiger partial charge in [0.1, 0.15) is 0 Å². The predicted molar refractivity (Wildman–Crippen MR) is 89.7 cm³/mol. The largest absolute Gasteiger partial charge is 0.376 e. The SMILES string of the molecule is CN(C)c1ccc(Br)cc1NC(=O)C1NCC2CCCC21. The molecule has 1 saturated heterocycles. The summed E-state index contributed by atoms with van der Waals surface area (Å²) in [5.74, 6) is 1.31. The van der Waals surface area contributed by atoms with Crippen molar-refractivity contribution in [3.8, 4) is 0 Å². The Kier molecular flexibility index (Phi) is 4.22. The molecule has 1 heterocycles. The van der Waals surface area contributed by atoms with Crippen molar-refractivity contribution in [2.45, 2.75) is 25.3 Å². The van der Waals surface area contributed by atoms with Gasteiger partial charge in [-0.1, -0.05) is 22.4 Å². The van der Waals surface area contributed by atoms with E-state index in [4.69, 9.17) is 0 Å². The monoisotopic (exact) mass is 351 g/mol.